The number of carbonyl (C=O) groups excluding carboxylic acids is 3. The molecule has 0 radical (unpaired) electrons. The fourth-order valence-corrected chi connectivity index (χ4v) is 9.88. The summed E-state index contributed by atoms with van der Waals surface area (Å²) in [5, 5.41) is 14.4. The molecule has 0 spiro atoms. The number of methoxy groups -OCH3 is 1. The van der Waals surface area contributed by atoms with Gasteiger partial charge in [0.05, 0.1) is 58.9 Å². The molecule has 0 bridgehead atoms. The second kappa shape index (κ2) is 17.9. The summed E-state index contributed by atoms with van der Waals surface area (Å²) >= 11 is 0. The van der Waals surface area contributed by atoms with Crippen LogP contribution in [0.15, 0.2) is 54.6 Å². The van der Waals surface area contributed by atoms with Gasteiger partial charge in [0.1, 0.15) is 29.5 Å². The Kier molecular flexibility index (Phi) is 12.4. The maximum absolute atomic E-state index is 15.4. The monoisotopic (exact) mass is 903 g/mol. The average molecular weight is 904 g/mol. The van der Waals surface area contributed by atoms with Crippen LogP contribution in [0.3, 0.4) is 0 Å². The zero-order chi connectivity index (χ0) is 46.5. The minimum atomic E-state index is -4.88. The molecule has 2 aromatic heterocycles. The number of ether oxygens (including phenoxy) is 1. The number of halogens is 4. The van der Waals surface area contributed by atoms with Crippen LogP contribution in [0.4, 0.5) is 32.8 Å². The van der Waals surface area contributed by atoms with Crippen molar-refractivity contribution in [3.63, 3.8) is 0 Å². The molecule has 3 aromatic carbocycles. The number of H-pyrrole nitrogens is 2. The van der Waals surface area contributed by atoms with Crippen LogP contribution in [0.5, 0.6) is 0 Å². The molecule has 3 saturated heterocycles. The summed E-state index contributed by atoms with van der Waals surface area (Å²) in [6.45, 7) is 8.17. The number of likely N-dealkylation sites (tertiary alicyclic amines) is 2. The largest absolute Gasteiger partial charge is 0.465 e. The molecule has 6 atom stereocenters. The Bertz CT molecular complexity index is 2610. The molecule has 3 fully saturated rings. The molecule has 19 heteroatoms. The highest BCUT2D eigenvalue weighted by Crippen LogP contribution is 2.49. The molecule has 5 N–H and O–H groups in total. The molecule has 5 aromatic rings. The first-order valence-corrected chi connectivity index (χ1v) is 22.0. The van der Waals surface area contributed by atoms with Gasteiger partial charge in [0.2, 0.25) is 11.8 Å². The third kappa shape index (κ3) is 8.88. The van der Waals surface area contributed by atoms with Gasteiger partial charge in [-0.25, -0.2) is 23.9 Å². The fraction of sp³-hybridized carbons (Fsp3) is 0.478. The molecule has 0 aliphatic carbocycles. The van der Waals surface area contributed by atoms with Crippen molar-refractivity contribution in [1.29, 1.82) is 0 Å². The Morgan fingerprint density at radius 2 is 1.22 bits per heavy atom. The lowest BCUT2D eigenvalue weighted by Crippen LogP contribution is -2.51. The quantitative estimate of drug-likeness (QED) is 0.0808. The minimum Gasteiger partial charge on any atom is -0.465 e. The van der Waals surface area contributed by atoms with Crippen molar-refractivity contribution in [3.05, 3.63) is 88.8 Å². The molecule has 4 amide bonds. The summed E-state index contributed by atoms with van der Waals surface area (Å²) in [5.74, 6) is -1.29. The highest BCUT2D eigenvalue weighted by Gasteiger charge is 2.41. The van der Waals surface area contributed by atoms with Crippen LogP contribution in [0.1, 0.15) is 119 Å². The summed E-state index contributed by atoms with van der Waals surface area (Å²) in [5.41, 5.74) is 3.21. The van der Waals surface area contributed by atoms with E-state index in [9.17, 15) is 37.5 Å². The smallest absolute Gasteiger partial charge is 0.419 e. The van der Waals surface area contributed by atoms with Crippen molar-refractivity contribution in [1.82, 2.24) is 40.4 Å². The fourth-order valence-electron chi connectivity index (χ4n) is 9.88. The van der Waals surface area contributed by atoms with Gasteiger partial charge < -0.3 is 45.1 Å². The van der Waals surface area contributed by atoms with E-state index in [0.29, 0.717) is 78.9 Å². The van der Waals surface area contributed by atoms with Gasteiger partial charge in [0.25, 0.3) is 0 Å². The SMILES string of the molecule is COC(=O)N[C@H](C(=O)N1CCC[C@H]1c1nc2ccc([C@H]3CC[C@H](c4ccc5nc([C@@H]6CCCN6C(=O)[C@@H](NC(=O)O)C(C)C)[nH]c5c4)N3c3ccc(C(F)(F)F)c(F)c3)cc2[nH]1)C(C)C. The molecule has 3 aliphatic heterocycles. The maximum Gasteiger partial charge on any atom is 0.419 e. The van der Waals surface area contributed by atoms with Crippen LogP contribution in [0.2, 0.25) is 0 Å². The zero-order valence-corrected chi connectivity index (χ0v) is 36.7. The molecular formula is C46H53F4N9O6. The number of nitrogens with zero attached hydrogens (tertiary/aromatic N) is 5. The average Bonchev–Trinajstić information content (AvgIpc) is 4.11. The Hall–Kier alpha value is -6.40. The molecular weight excluding hydrogens is 851 g/mol. The molecule has 0 unspecified atom stereocenters. The number of hydrogen-bond donors (Lipinski definition) is 5. The molecule has 3 aliphatic rings. The van der Waals surface area contributed by atoms with Crippen LogP contribution in [0, 0.1) is 17.7 Å². The van der Waals surface area contributed by atoms with E-state index in [0.717, 1.165) is 29.7 Å². The number of alkyl carbamates (subject to hydrolysis) is 1. The molecule has 8 rings (SSSR count). The number of anilines is 1. The van der Waals surface area contributed by atoms with E-state index in [-0.39, 0.29) is 35.4 Å². The number of fused-ring (bicyclic) bond motifs is 2. The Balaban J connectivity index is 1.10. The van der Waals surface area contributed by atoms with Gasteiger partial charge in [-0.05, 0) is 104 Å². The third-order valence-corrected chi connectivity index (χ3v) is 13.1. The first-order valence-electron chi connectivity index (χ1n) is 22.0. The first-order chi connectivity index (χ1) is 30.9. The van der Waals surface area contributed by atoms with Gasteiger partial charge in [0.15, 0.2) is 0 Å². The highest BCUT2D eigenvalue weighted by molar-refractivity contribution is 5.87. The van der Waals surface area contributed by atoms with Gasteiger partial charge in [-0.1, -0.05) is 39.8 Å². The van der Waals surface area contributed by atoms with Crippen molar-refractivity contribution in [2.24, 2.45) is 11.8 Å². The van der Waals surface area contributed by atoms with Crippen LogP contribution >= 0.6 is 0 Å². The number of alkyl halides is 3. The summed E-state index contributed by atoms with van der Waals surface area (Å²) in [7, 11) is 1.24. The van der Waals surface area contributed by atoms with Gasteiger partial charge >= 0.3 is 18.4 Å². The number of benzene rings is 3. The summed E-state index contributed by atoms with van der Waals surface area (Å²) < 4.78 is 61.6. The number of imidazole rings is 2. The van der Waals surface area contributed by atoms with Crippen LogP contribution in [-0.4, -0.2) is 91.1 Å². The number of hydrogen-bond acceptors (Lipinski definition) is 8. The lowest BCUT2D eigenvalue weighted by Gasteiger charge is -2.33. The first kappa shape index (κ1) is 45.2. The van der Waals surface area contributed by atoms with E-state index >= 15 is 4.39 Å². The van der Waals surface area contributed by atoms with Crippen LogP contribution < -0.4 is 15.5 Å². The number of nitrogens with one attached hydrogen (secondary N) is 4. The maximum atomic E-state index is 15.4. The lowest BCUT2D eigenvalue weighted by atomic mass is 10.0. The highest BCUT2D eigenvalue weighted by atomic mass is 19.4. The van der Waals surface area contributed by atoms with Crippen LogP contribution in [-0.2, 0) is 20.5 Å². The van der Waals surface area contributed by atoms with E-state index in [1.165, 1.54) is 13.2 Å². The van der Waals surface area contributed by atoms with Crippen molar-refractivity contribution >= 4 is 51.8 Å². The number of carboxylic acid groups (broad SMARTS) is 1. The lowest BCUT2D eigenvalue weighted by molar-refractivity contribution is -0.140. The van der Waals surface area contributed by atoms with Crippen molar-refractivity contribution in [2.45, 2.75) is 109 Å². The third-order valence-electron chi connectivity index (χ3n) is 13.1. The molecule has 0 saturated carbocycles. The van der Waals surface area contributed by atoms with E-state index in [4.69, 9.17) is 14.7 Å². The normalized spacial score (nSPS) is 21.2. The second-order valence-corrected chi connectivity index (χ2v) is 17.9. The number of amides is 4. The number of aromatic nitrogens is 4. The number of rotatable bonds is 11. The van der Waals surface area contributed by atoms with Crippen LogP contribution in [0.25, 0.3) is 22.1 Å². The predicted octanol–water partition coefficient (Wildman–Crippen LogP) is 8.68. The van der Waals surface area contributed by atoms with E-state index in [1.54, 1.807) is 23.6 Å². The standard InChI is InChI=1S/C46H53F4N9O6/c1-23(2)38(55-44(62)63)42(60)57-18-6-8-36(57)40-51-30-14-10-25(20-32(30)53-40)34-16-17-35(59(34)27-12-13-28(29(47)22-27)46(48,49)50)26-11-15-31-33(21-26)54-41(52-31)37-9-7-19-58(37)43(61)39(24(3)4)56-45(64)65-5/h10-15,20-24,34-39,55H,6-9,16-19H2,1-5H3,(H,51,53)(H,52,54)(H,56,64)(H,62,63)/t34-,35-,36+,37+,38+,39+/m1/s1. The number of carbonyl (C=O) groups is 4. The summed E-state index contributed by atoms with van der Waals surface area (Å²) in [4.78, 5) is 73.0. The zero-order valence-electron chi connectivity index (χ0n) is 36.7. The van der Waals surface area contributed by atoms with Gasteiger partial charge in [-0.3, -0.25) is 9.59 Å². The Morgan fingerprint density at radius 3 is 1.65 bits per heavy atom. The topological polar surface area (TPSA) is 189 Å². The minimum absolute atomic E-state index is 0.204. The van der Waals surface area contributed by atoms with Gasteiger partial charge in [-0.2, -0.15) is 13.2 Å². The van der Waals surface area contributed by atoms with E-state index < -0.39 is 60.0 Å². The van der Waals surface area contributed by atoms with E-state index in [2.05, 4.69) is 20.6 Å². The Labute approximate surface area is 372 Å². The van der Waals surface area contributed by atoms with Crippen molar-refractivity contribution < 1.29 is 46.6 Å². The molecule has 346 valence electrons. The summed E-state index contributed by atoms with van der Waals surface area (Å²) in [6, 6.07) is 11.1. The van der Waals surface area contributed by atoms with Gasteiger partial charge in [-0.15, -0.1) is 0 Å². The summed E-state index contributed by atoms with van der Waals surface area (Å²) in [6.07, 6.45) is -3.00. The second-order valence-electron chi connectivity index (χ2n) is 17.9. The molecule has 65 heavy (non-hydrogen) atoms. The van der Waals surface area contributed by atoms with Crippen molar-refractivity contribution in [2.75, 3.05) is 25.1 Å². The predicted molar refractivity (Wildman–Crippen MR) is 232 cm³/mol. The van der Waals surface area contributed by atoms with E-state index in [1.807, 2.05) is 55.1 Å². The molecule has 15 nitrogen and oxygen atoms in total. The Morgan fingerprint density at radius 1 is 0.723 bits per heavy atom. The number of aromatic amines is 2. The molecule has 5 heterocycles. The van der Waals surface area contributed by atoms with Crippen molar-refractivity contribution in [3.8, 4) is 0 Å². The van der Waals surface area contributed by atoms with Gasteiger partial charge in [0, 0.05) is 18.8 Å².